The van der Waals surface area contributed by atoms with Crippen molar-refractivity contribution < 1.29 is 9.32 Å². The molecule has 0 bridgehead atoms. The van der Waals surface area contributed by atoms with E-state index in [0.717, 1.165) is 21.6 Å². The van der Waals surface area contributed by atoms with E-state index in [-0.39, 0.29) is 11.2 Å². The molecule has 3 rings (SSSR count). The van der Waals surface area contributed by atoms with Crippen LogP contribution in [0.15, 0.2) is 46.2 Å². The fourth-order valence-corrected chi connectivity index (χ4v) is 2.85. The van der Waals surface area contributed by atoms with Crippen LogP contribution in [-0.2, 0) is 4.79 Å². The number of aromatic nitrogens is 3. The lowest BCUT2D eigenvalue weighted by Crippen LogP contribution is -2.22. The van der Waals surface area contributed by atoms with Crippen LogP contribution in [-0.4, -0.2) is 26.3 Å². The Morgan fingerprint density at radius 2 is 2.14 bits per heavy atom. The lowest BCUT2D eigenvalue weighted by atomic mass is 10.2. The van der Waals surface area contributed by atoms with Gasteiger partial charge in [-0.05, 0) is 19.9 Å². The Hall–Kier alpha value is -2.41. The summed E-state index contributed by atoms with van der Waals surface area (Å²) in [6.45, 7) is 3.62. The number of hydrogen-bond donors (Lipinski definition) is 1. The molecule has 1 aromatic carbocycles. The van der Waals surface area contributed by atoms with E-state index in [4.69, 9.17) is 4.52 Å². The third kappa shape index (κ3) is 3.09. The molecule has 0 radical (unpaired) electrons. The largest absolute Gasteiger partial charge is 0.338 e. The first-order valence-electron chi connectivity index (χ1n) is 6.74. The molecule has 1 N–H and O–H groups in total. The first-order valence-corrected chi connectivity index (χ1v) is 7.62. The van der Waals surface area contributed by atoms with Crippen LogP contribution in [0.25, 0.3) is 10.9 Å². The number of amides is 1. The number of hydrogen-bond acceptors (Lipinski definition) is 6. The van der Waals surface area contributed by atoms with E-state index in [0.29, 0.717) is 5.88 Å². The van der Waals surface area contributed by atoms with Gasteiger partial charge in [0.25, 0.3) is 0 Å². The number of carbonyl (C=O) groups is 1. The Morgan fingerprint density at radius 3 is 2.91 bits per heavy atom. The van der Waals surface area contributed by atoms with Crippen LogP contribution in [0.2, 0.25) is 0 Å². The van der Waals surface area contributed by atoms with Gasteiger partial charge in [-0.3, -0.25) is 10.1 Å². The number of nitrogens with one attached hydrogen (secondary N) is 1. The van der Waals surface area contributed by atoms with Gasteiger partial charge in [-0.2, -0.15) is 0 Å². The average molecular weight is 314 g/mol. The molecule has 6 nitrogen and oxygen atoms in total. The Labute approximate surface area is 131 Å². The second-order valence-corrected chi connectivity index (χ2v) is 6.11. The maximum Gasteiger partial charge on any atom is 0.240 e. The zero-order valence-electron chi connectivity index (χ0n) is 12.1. The number of aryl methyl sites for hydroxylation is 1. The summed E-state index contributed by atoms with van der Waals surface area (Å²) >= 11 is 1.38. The SMILES string of the molecule is Cc1cc(NC(=O)C(C)Sc2ncnc3ccccc23)on1. The van der Waals surface area contributed by atoms with Crippen LogP contribution in [0.1, 0.15) is 12.6 Å². The minimum atomic E-state index is -0.330. The maximum atomic E-state index is 12.2. The molecule has 112 valence electrons. The summed E-state index contributed by atoms with van der Waals surface area (Å²) in [7, 11) is 0. The van der Waals surface area contributed by atoms with Gasteiger partial charge >= 0.3 is 0 Å². The predicted molar refractivity (Wildman–Crippen MR) is 84.7 cm³/mol. The Morgan fingerprint density at radius 1 is 1.32 bits per heavy atom. The van der Waals surface area contributed by atoms with Crippen molar-refractivity contribution in [1.29, 1.82) is 0 Å². The van der Waals surface area contributed by atoms with E-state index in [2.05, 4.69) is 20.4 Å². The molecule has 1 unspecified atom stereocenters. The second kappa shape index (κ2) is 6.15. The van der Waals surface area contributed by atoms with Crippen molar-refractivity contribution in [2.24, 2.45) is 0 Å². The van der Waals surface area contributed by atoms with Crippen molar-refractivity contribution in [3.8, 4) is 0 Å². The van der Waals surface area contributed by atoms with E-state index in [9.17, 15) is 4.79 Å². The van der Waals surface area contributed by atoms with Gasteiger partial charge < -0.3 is 4.52 Å². The quantitative estimate of drug-likeness (QED) is 0.589. The van der Waals surface area contributed by atoms with Crippen molar-refractivity contribution in [1.82, 2.24) is 15.1 Å². The molecule has 1 amide bonds. The van der Waals surface area contributed by atoms with Gasteiger partial charge in [0.1, 0.15) is 11.4 Å². The van der Waals surface area contributed by atoms with E-state index >= 15 is 0 Å². The summed E-state index contributed by atoms with van der Waals surface area (Å²) in [5, 5.41) is 7.82. The molecular formula is C15H14N4O2S. The van der Waals surface area contributed by atoms with E-state index in [1.165, 1.54) is 18.1 Å². The molecule has 0 aliphatic rings. The van der Waals surface area contributed by atoms with Crippen LogP contribution in [0, 0.1) is 6.92 Å². The van der Waals surface area contributed by atoms with Gasteiger partial charge in [0.15, 0.2) is 0 Å². The molecule has 0 aliphatic heterocycles. The third-order valence-electron chi connectivity index (χ3n) is 3.04. The summed E-state index contributed by atoms with van der Waals surface area (Å²) in [5.41, 5.74) is 1.58. The number of carbonyl (C=O) groups excluding carboxylic acids is 1. The number of anilines is 1. The van der Waals surface area contributed by atoms with Gasteiger partial charge in [-0.25, -0.2) is 9.97 Å². The Balaban J connectivity index is 1.75. The summed E-state index contributed by atoms with van der Waals surface area (Å²) < 4.78 is 4.99. The number of fused-ring (bicyclic) bond motifs is 1. The minimum absolute atomic E-state index is 0.163. The normalized spacial score (nSPS) is 12.3. The topological polar surface area (TPSA) is 80.9 Å². The van der Waals surface area contributed by atoms with Crippen LogP contribution in [0.4, 0.5) is 5.88 Å². The van der Waals surface area contributed by atoms with Crippen molar-refractivity contribution in [3.63, 3.8) is 0 Å². The Bertz CT molecular complexity index is 813. The summed E-state index contributed by atoms with van der Waals surface area (Å²) in [4.78, 5) is 20.7. The van der Waals surface area contributed by atoms with Crippen molar-refractivity contribution in [2.75, 3.05) is 5.32 Å². The maximum absolute atomic E-state index is 12.2. The number of thioether (sulfide) groups is 1. The molecule has 7 heteroatoms. The minimum Gasteiger partial charge on any atom is -0.338 e. The Kier molecular flexibility index (Phi) is 4.06. The van der Waals surface area contributed by atoms with Gasteiger partial charge in [-0.1, -0.05) is 35.1 Å². The molecular weight excluding hydrogens is 300 g/mol. The summed E-state index contributed by atoms with van der Waals surface area (Å²) in [6, 6.07) is 9.39. The number of rotatable bonds is 4. The number of nitrogens with zero attached hydrogens (tertiary/aromatic N) is 3. The fraction of sp³-hybridized carbons (Fsp3) is 0.200. The molecule has 2 aromatic heterocycles. The van der Waals surface area contributed by atoms with Crippen LogP contribution < -0.4 is 5.32 Å². The highest BCUT2D eigenvalue weighted by molar-refractivity contribution is 8.00. The van der Waals surface area contributed by atoms with Gasteiger partial charge in [0.05, 0.1) is 16.5 Å². The highest BCUT2D eigenvalue weighted by Crippen LogP contribution is 2.28. The second-order valence-electron chi connectivity index (χ2n) is 4.78. The van der Waals surface area contributed by atoms with E-state index < -0.39 is 0 Å². The van der Waals surface area contributed by atoms with E-state index in [1.54, 1.807) is 13.0 Å². The van der Waals surface area contributed by atoms with Gasteiger partial charge in [0.2, 0.25) is 11.8 Å². The van der Waals surface area contributed by atoms with Crippen molar-refractivity contribution in [3.05, 3.63) is 42.4 Å². The first kappa shape index (κ1) is 14.5. The molecule has 3 aromatic rings. The third-order valence-corrected chi connectivity index (χ3v) is 4.15. The zero-order chi connectivity index (χ0) is 15.5. The summed E-state index contributed by atoms with van der Waals surface area (Å²) in [6.07, 6.45) is 1.51. The molecule has 0 saturated heterocycles. The van der Waals surface area contributed by atoms with E-state index in [1.807, 2.05) is 31.2 Å². The molecule has 2 heterocycles. The average Bonchev–Trinajstić information content (AvgIpc) is 2.92. The first-order chi connectivity index (χ1) is 10.6. The molecule has 1 atom stereocenters. The van der Waals surface area contributed by atoms with Gasteiger partial charge in [-0.15, -0.1) is 0 Å². The monoisotopic (exact) mass is 314 g/mol. The van der Waals surface area contributed by atoms with Crippen LogP contribution in [0.5, 0.6) is 0 Å². The lowest BCUT2D eigenvalue weighted by molar-refractivity contribution is -0.115. The van der Waals surface area contributed by atoms with Crippen molar-refractivity contribution >= 4 is 34.5 Å². The highest BCUT2D eigenvalue weighted by Gasteiger charge is 2.18. The van der Waals surface area contributed by atoms with Crippen LogP contribution >= 0.6 is 11.8 Å². The molecule has 22 heavy (non-hydrogen) atoms. The predicted octanol–water partition coefficient (Wildman–Crippen LogP) is 3.05. The molecule has 0 saturated carbocycles. The lowest BCUT2D eigenvalue weighted by Gasteiger charge is -2.10. The highest BCUT2D eigenvalue weighted by atomic mass is 32.2. The van der Waals surface area contributed by atoms with Gasteiger partial charge in [0, 0.05) is 11.5 Å². The fourth-order valence-electron chi connectivity index (χ4n) is 1.94. The number of benzene rings is 1. The standard InChI is InChI=1S/C15H14N4O2S/c1-9-7-13(21-19-9)18-14(20)10(2)22-15-11-5-3-4-6-12(11)16-8-17-15/h3-8,10H,1-2H3,(H,18,20). The molecule has 0 spiro atoms. The van der Waals surface area contributed by atoms with Crippen molar-refractivity contribution in [2.45, 2.75) is 24.1 Å². The molecule has 0 aliphatic carbocycles. The van der Waals surface area contributed by atoms with Crippen LogP contribution in [0.3, 0.4) is 0 Å². The number of para-hydroxylation sites is 1. The zero-order valence-corrected chi connectivity index (χ0v) is 12.9. The smallest absolute Gasteiger partial charge is 0.240 e. The summed E-state index contributed by atoms with van der Waals surface area (Å²) in [5.74, 6) is 0.186. The molecule has 0 fully saturated rings.